The van der Waals surface area contributed by atoms with Crippen LogP contribution >= 0.6 is 11.8 Å². The Morgan fingerprint density at radius 1 is 1.44 bits per heavy atom. The van der Waals surface area contributed by atoms with Gasteiger partial charge in [0.25, 0.3) is 0 Å². The number of nitrogens with zero attached hydrogens (tertiary/aromatic N) is 2. The van der Waals surface area contributed by atoms with Gasteiger partial charge in [0.05, 0.1) is 6.04 Å². The zero-order chi connectivity index (χ0) is 17.6. The largest absolute Gasteiger partial charge is 0.485 e. The standard InChI is InChI=1S/C17H22N4O3S/c1-25-9-8-14(18)16(22)19-12-4-6-13(7-5-12)23-10-15-20-17(24-21-15)11-2-3-11/h4-7,11,14H,2-3,8-10,18H2,1H3,(H,19,22)/t14-/m0/s1. The van der Waals surface area contributed by atoms with E-state index >= 15 is 0 Å². The van der Waals surface area contributed by atoms with E-state index in [1.54, 1.807) is 36.0 Å². The van der Waals surface area contributed by atoms with Crippen molar-refractivity contribution in [2.75, 3.05) is 17.3 Å². The van der Waals surface area contributed by atoms with Gasteiger partial charge in [-0.3, -0.25) is 4.79 Å². The van der Waals surface area contributed by atoms with E-state index in [1.165, 1.54) is 0 Å². The molecule has 1 fully saturated rings. The van der Waals surface area contributed by atoms with Gasteiger partial charge in [-0.2, -0.15) is 16.7 Å². The number of carbonyl (C=O) groups is 1. The van der Waals surface area contributed by atoms with Crippen molar-refractivity contribution in [3.05, 3.63) is 36.0 Å². The van der Waals surface area contributed by atoms with Gasteiger partial charge in [0, 0.05) is 11.6 Å². The lowest BCUT2D eigenvalue weighted by Gasteiger charge is -2.12. The molecule has 3 rings (SSSR count). The van der Waals surface area contributed by atoms with Crippen LogP contribution in [-0.4, -0.2) is 34.1 Å². The van der Waals surface area contributed by atoms with Gasteiger partial charge in [-0.25, -0.2) is 0 Å². The number of nitrogens with two attached hydrogens (primary N) is 1. The maximum absolute atomic E-state index is 12.0. The van der Waals surface area contributed by atoms with Crippen molar-refractivity contribution in [2.24, 2.45) is 5.73 Å². The number of hydrogen-bond donors (Lipinski definition) is 2. The fourth-order valence-corrected chi connectivity index (χ4v) is 2.71. The Kier molecular flexibility index (Phi) is 5.93. The highest BCUT2D eigenvalue weighted by molar-refractivity contribution is 7.98. The van der Waals surface area contributed by atoms with Crippen LogP contribution in [0.1, 0.15) is 36.9 Å². The van der Waals surface area contributed by atoms with Crippen molar-refractivity contribution in [1.29, 1.82) is 0 Å². The molecular formula is C17H22N4O3S. The minimum absolute atomic E-state index is 0.179. The summed E-state index contributed by atoms with van der Waals surface area (Å²) in [4.78, 5) is 16.3. The van der Waals surface area contributed by atoms with E-state index in [-0.39, 0.29) is 12.5 Å². The molecule has 0 bridgehead atoms. The van der Waals surface area contributed by atoms with Crippen molar-refractivity contribution in [3.8, 4) is 5.75 Å². The lowest BCUT2D eigenvalue weighted by molar-refractivity contribution is -0.117. The lowest BCUT2D eigenvalue weighted by atomic mass is 10.2. The molecule has 1 amide bonds. The number of aromatic nitrogens is 2. The Hall–Kier alpha value is -2.06. The number of amides is 1. The third-order valence-corrected chi connectivity index (χ3v) is 4.51. The van der Waals surface area contributed by atoms with Gasteiger partial charge in [0.1, 0.15) is 5.75 Å². The van der Waals surface area contributed by atoms with Crippen LogP contribution in [0.25, 0.3) is 0 Å². The molecule has 1 aromatic carbocycles. The van der Waals surface area contributed by atoms with E-state index in [9.17, 15) is 4.79 Å². The highest BCUT2D eigenvalue weighted by atomic mass is 32.2. The highest BCUT2D eigenvalue weighted by Crippen LogP contribution is 2.38. The molecule has 0 unspecified atom stereocenters. The van der Waals surface area contributed by atoms with Gasteiger partial charge in [-0.05, 0) is 55.5 Å². The van der Waals surface area contributed by atoms with Crippen LogP contribution in [0.4, 0.5) is 5.69 Å². The zero-order valence-corrected chi connectivity index (χ0v) is 14.9. The summed E-state index contributed by atoms with van der Waals surface area (Å²) in [6, 6.07) is 6.62. The SMILES string of the molecule is CSCC[C@H](N)C(=O)Nc1ccc(OCc2noc(C3CC3)n2)cc1. The van der Waals surface area contributed by atoms with E-state index in [4.69, 9.17) is 15.0 Å². The molecule has 1 aliphatic carbocycles. The first-order valence-electron chi connectivity index (χ1n) is 8.26. The van der Waals surface area contributed by atoms with Gasteiger partial charge < -0.3 is 20.3 Å². The van der Waals surface area contributed by atoms with Crippen LogP contribution in [0, 0.1) is 0 Å². The third kappa shape index (κ3) is 5.20. The number of thioether (sulfide) groups is 1. The summed E-state index contributed by atoms with van der Waals surface area (Å²) in [5, 5.41) is 6.72. The van der Waals surface area contributed by atoms with Crippen LogP contribution in [0.3, 0.4) is 0 Å². The molecule has 0 saturated heterocycles. The number of anilines is 1. The number of hydrogen-bond acceptors (Lipinski definition) is 7. The molecule has 134 valence electrons. The number of rotatable bonds is 9. The Morgan fingerprint density at radius 2 is 2.20 bits per heavy atom. The van der Waals surface area contributed by atoms with Gasteiger partial charge in [0.15, 0.2) is 6.61 Å². The number of nitrogens with one attached hydrogen (secondary N) is 1. The van der Waals surface area contributed by atoms with Gasteiger partial charge >= 0.3 is 0 Å². The monoisotopic (exact) mass is 362 g/mol. The predicted octanol–water partition coefficient (Wildman–Crippen LogP) is 2.54. The molecule has 0 aliphatic heterocycles. The highest BCUT2D eigenvalue weighted by Gasteiger charge is 2.29. The third-order valence-electron chi connectivity index (χ3n) is 3.87. The molecule has 1 aromatic heterocycles. The summed E-state index contributed by atoms with van der Waals surface area (Å²) in [5.41, 5.74) is 6.54. The van der Waals surface area contributed by atoms with E-state index in [2.05, 4.69) is 15.5 Å². The fourth-order valence-electron chi connectivity index (χ4n) is 2.22. The van der Waals surface area contributed by atoms with E-state index in [0.29, 0.717) is 35.5 Å². The van der Waals surface area contributed by atoms with Crippen molar-refractivity contribution in [3.63, 3.8) is 0 Å². The summed E-state index contributed by atoms with van der Waals surface area (Å²) in [5.74, 6) is 3.03. The van der Waals surface area contributed by atoms with Gasteiger partial charge in [-0.1, -0.05) is 5.16 Å². The van der Waals surface area contributed by atoms with Crippen molar-refractivity contribution in [1.82, 2.24) is 10.1 Å². The molecule has 0 radical (unpaired) electrons. The normalized spacial score (nSPS) is 15.0. The second-order valence-corrected chi connectivity index (χ2v) is 7.00. The summed E-state index contributed by atoms with van der Waals surface area (Å²) < 4.78 is 10.8. The minimum atomic E-state index is -0.498. The van der Waals surface area contributed by atoms with Crippen LogP contribution in [0.5, 0.6) is 5.75 Å². The van der Waals surface area contributed by atoms with Crippen molar-refractivity contribution < 1.29 is 14.1 Å². The molecule has 3 N–H and O–H groups in total. The smallest absolute Gasteiger partial charge is 0.241 e. The first-order chi connectivity index (χ1) is 12.2. The van der Waals surface area contributed by atoms with Crippen LogP contribution in [0.2, 0.25) is 0 Å². The first kappa shape index (κ1) is 17.8. The maximum Gasteiger partial charge on any atom is 0.241 e. The quantitative estimate of drug-likeness (QED) is 0.706. The molecule has 2 aromatic rings. The summed E-state index contributed by atoms with van der Waals surface area (Å²) >= 11 is 1.67. The second-order valence-electron chi connectivity index (χ2n) is 6.01. The zero-order valence-electron chi connectivity index (χ0n) is 14.1. The average molecular weight is 362 g/mol. The van der Waals surface area contributed by atoms with E-state index in [0.717, 1.165) is 18.6 Å². The Balaban J connectivity index is 1.47. The molecule has 1 heterocycles. The van der Waals surface area contributed by atoms with E-state index in [1.807, 2.05) is 6.26 Å². The maximum atomic E-state index is 12.0. The minimum Gasteiger partial charge on any atom is -0.485 e. The topological polar surface area (TPSA) is 103 Å². The molecule has 1 saturated carbocycles. The van der Waals surface area contributed by atoms with Crippen molar-refractivity contribution in [2.45, 2.75) is 37.8 Å². The first-order valence-corrected chi connectivity index (χ1v) is 9.66. The fraction of sp³-hybridized carbons (Fsp3) is 0.471. The Bertz CT molecular complexity index is 700. The van der Waals surface area contributed by atoms with E-state index < -0.39 is 6.04 Å². The molecule has 0 spiro atoms. The van der Waals surface area contributed by atoms with Crippen LogP contribution in [-0.2, 0) is 11.4 Å². The summed E-state index contributed by atoms with van der Waals surface area (Å²) in [6.45, 7) is 0.251. The Labute approximate surface area is 150 Å². The summed E-state index contributed by atoms with van der Waals surface area (Å²) in [7, 11) is 0. The van der Waals surface area contributed by atoms with Crippen molar-refractivity contribution >= 4 is 23.4 Å². The average Bonchev–Trinajstić information content (AvgIpc) is 3.37. The molecule has 7 nitrogen and oxygen atoms in total. The Morgan fingerprint density at radius 3 is 2.88 bits per heavy atom. The second kappa shape index (κ2) is 8.35. The molecule has 1 atom stereocenters. The lowest BCUT2D eigenvalue weighted by Crippen LogP contribution is -2.36. The van der Waals surface area contributed by atoms with Crippen LogP contribution in [0.15, 0.2) is 28.8 Å². The van der Waals surface area contributed by atoms with Gasteiger partial charge in [0.2, 0.25) is 17.6 Å². The molecule has 25 heavy (non-hydrogen) atoms. The number of benzene rings is 1. The predicted molar refractivity (Wildman–Crippen MR) is 96.7 cm³/mol. The molecule has 8 heteroatoms. The van der Waals surface area contributed by atoms with Gasteiger partial charge in [-0.15, -0.1) is 0 Å². The van der Waals surface area contributed by atoms with Crippen LogP contribution < -0.4 is 15.8 Å². The molecule has 1 aliphatic rings. The molecular weight excluding hydrogens is 340 g/mol. The number of carbonyl (C=O) groups excluding carboxylic acids is 1. The number of ether oxygens (including phenoxy) is 1. The summed E-state index contributed by atoms with van der Waals surface area (Å²) in [6.07, 6.45) is 4.89.